The van der Waals surface area contributed by atoms with Crippen molar-refractivity contribution in [3.8, 4) is 17.6 Å². The van der Waals surface area contributed by atoms with Crippen LogP contribution < -0.4 is 10.1 Å². The average Bonchev–Trinajstić information content (AvgIpc) is 2.50. The Morgan fingerprint density at radius 2 is 2.08 bits per heavy atom. The highest BCUT2D eigenvalue weighted by atomic mass is 19.1. The molecule has 0 saturated carbocycles. The van der Waals surface area contributed by atoms with Crippen molar-refractivity contribution < 1.29 is 23.8 Å². The predicted octanol–water partition coefficient (Wildman–Crippen LogP) is 3.24. The number of carbonyl (C=O) groups is 1. The lowest BCUT2D eigenvalue weighted by Gasteiger charge is -2.21. The summed E-state index contributed by atoms with van der Waals surface area (Å²) in [5, 5.41) is 11.8. The average molecular weight is 351 g/mol. The number of hydrogen-bond acceptors (Lipinski definition) is 4. The third-order valence-electron chi connectivity index (χ3n) is 3.01. The largest absolute Gasteiger partial charge is 0.487 e. The Hall–Kier alpha value is -2.26. The normalized spacial score (nSPS) is 13.2. The number of aliphatic hydroxyl groups excluding tert-OH is 1. The van der Waals surface area contributed by atoms with Crippen LogP contribution in [0.3, 0.4) is 0 Å². The van der Waals surface area contributed by atoms with Gasteiger partial charge in [-0.1, -0.05) is 18.8 Å². The van der Waals surface area contributed by atoms with Crippen LogP contribution in [0.4, 0.5) is 9.18 Å². The molecule has 1 amide bonds. The van der Waals surface area contributed by atoms with Crippen LogP contribution in [0.1, 0.15) is 46.6 Å². The lowest BCUT2D eigenvalue weighted by Crippen LogP contribution is -2.38. The van der Waals surface area contributed by atoms with E-state index in [4.69, 9.17) is 14.6 Å². The Bertz CT molecular complexity index is 643. The molecule has 1 unspecified atom stereocenters. The Kier molecular flexibility index (Phi) is 7.72. The first-order valence-corrected chi connectivity index (χ1v) is 8.22. The van der Waals surface area contributed by atoms with Crippen molar-refractivity contribution in [2.75, 3.05) is 6.61 Å². The fourth-order valence-corrected chi connectivity index (χ4v) is 1.81. The SMILES string of the molecule is CCC(C#Cc1ccc(F)cc1O[C@H](C)CO)NC(=O)OC(C)(C)C. The van der Waals surface area contributed by atoms with E-state index >= 15 is 0 Å². The van der Waals surface area contributed by atoms with Crippen LogP contribution >= 0.6 is 0 Å². The summed E-state index contributed by atoms with van der Waals surface area (Å²) in [4.78, 5) is 11.8. The molecule has 6 heteroatoms. The number of amides is 1. The molecule has 2 atom stereocenters. The molecule has 0 aliphatic rings. The molecule has 1 rings (SSSR count). The lowest BCUT2D eigenvalue weighted by atomic mass is 10.1. The van der Waals surface area contributed by atoms with Gasteiger partial charge in [0, 0.05) is 6.07 Å². The summed E-state index contributed by atoms with van der Waals surface area (Å²) in [6.07, 6.45) is -0.446. The first-order chi connectivity index (χ1) is 11.6. The molecule has 0 heterocycles. The zero-order valence-corrected chi connectivity index (χ0v) is 15.4. The van der Waals surface area contributed by atoms with E-state index in [1.807, 2.05) is 6.92 Å². The highest BCUT2D eigenvalue weighted by Crippen LogP contribution is 2.20. The van der Waals surface area contributed by atoms with E-state index in [0.29, 0.717) is 12.0 Å². The van der Waals surface area contributed by atoms with Gasteiger partial charge in [-0.15, -0.1) is 0 Å². The third kappa shape index (κ3) is 7.90. The van der Waals surface area contributed by atoms with Crippen LogP contribution in [-0.4, -0.2) is 35.6 Å². The van der Waals surface area contributed by atoms with Gasteiger partial charge in [-0.2, -0.15) is 0 Å². The predicted molar refractivity (Wildman–Crippen MR) is 93.9 cm³/mol. The Balaban J connectivity index is 2.91. The maximum absolute atomic E-state index is 13.4. The van der Waals surface area contributed by atoms with E-state index in [-0.39, 0.29) is 12.4 Å². The van der Waals surface area contributed by atoms with Crippen LogP contribution in [0.15, 0.2) is 18.2 Å². The van der Waals surface area contributed by atoms with Crippen molar-refractivity contribution in [2.24, 2.45) is 0 Å². The molecule has 1 aromatic carbocycles. The van der Waals surface area contributed by atoms with Gasteiger partial charge in [0.2, 0.25) is 0 Å². The van der Waals surface area contributed by atoms with Gasteiger partial charge in [-0.3, -0.25) is 0 Å². The molecule has 0 aromatic heterocycles. The maximum Gasteiger partial charge on any atom is 0.408 e. The number of alkyl carbamates (subject to hydrolysis) is 1. The molecule has 0 aliphatic heterocycles. The van der Waals surface area contributed by atoms with Gasteiger partial charge < -0.3 is 19.9 Å². The van der Waals surface area contributed by atoms with Gasteiger partial charge in [0.05, 0.1) is 18.2 Å². The number of aliphatic hydroxyl groups is 1. The zero-order chi connectivity index (χ0) is 19.0. The minimum absolute atomic E-state index is 0.193. The number of ether oxygens (including phenoxy) is 2. The molecule has 25 heavy (non-hydrogen) atoms. The van der Waals surface area contributed by atoms with Crippen LogP contribution in [0.25, 0.3) is 0 Å². The third-order valence-corrected chi connectivity index (χ3v) is 3.01. The molecule has 0 aliphatic carbocycles. The quantitative estimate of drug-likeness (QED) is 0.799. The molecule has 0 fully saturated rings. The number of halogens is 1. The highest BCUT2D eigenvalue weighted by molar-refractivity contribution is 5.68. The zero-order valence-electron chi connectivity index (χ0n) is 15.4. The Morgan fingerprint density at radius 1 is 1.40 bits per heavy atom. The number of nitrogens with one attached hydrogen (secondary N) is 1. The Labute approximate surface area is 148 Å². The van der Waals surface area contributed by atoms with Gasteiger partial charge in [-0.25, -0.2) is 9.18 Å². The molecular formula is C19H26FNO4. The fraction of sp³-hybridized carbons (Fsp3) is 0.526. The second-order valence-electron chi connectivity index (χ2n) is 6.63. The number of hydrogen-bond donors (Lipinski definition) is 2. The van der Waals surface area contributed by atoms with Crippen LogP contribution in [0.2, 0.25) is 0 Å². The second-order valence-corrected chi connectivity index (χ2v) is 6.63. The van der Waals surface area contributed by atoms with Crippen molar-refractivity contribution >= 4 is 6.09 Å². The number of benzene rings is 1. The first kappa shape index (κ1) is 20.8. The van der Waals surface area contributed by atoms with E-state index in [2.05, 4.69) is 17.2 Å². The summed E-state index contributed by atoms with van der Waals surface area (Å²) in [7, 11) is 0. The molecule has 1 aromatic rings. The van der Waals surface area contributed by atoms with Crippen LogP contribution in [0, 0.1) is 17.7 Å². The van der Waals surface area contributed by atoms with Crippen molar-refractivity contribution in [3.63, 3.8) is 0 Å². The molecule has 138 valence electrons. The molecule has 0 spiro atoms. The molecular weight excluding hydrogens is 325 g/mol. The van der Waals surface area contributed by atoms with Gasteiger partial charge in [0.1, 0.15) is 23.3 Å². The number of carbonyl (C=O) groups excluding carboxylic acids is 1. The van der Waals surface area contributed by atoms with E-state index < -0.39 is 29.7 Å². The summed E-state index contributed by atoms with van der Waals surface area (Å²) in [5.41, 5.74) is -0.111. The molecule has 2 N–H and O–H groups in total. The van der Waals surface area contributed by atoms with Gasteiger partial charge in [0.25, 0.3) is 0 Å². The summed E-state index contributed by atoms with van der Waals surface area (Å²) >= 11 is 0. The summed E-state index contributed by atoms with van der Waals surface area (Å²) in [6.45, 7) is 8.70. The van der Waals surface area contributed by atoms with E-state index in [1.54, 1.807) is 27.7 Å². The molecule has 5 nitrogen and oxygen atoms in total. The van der Waals surface area contributed by atoms with Crippen molar-refractivity contribution in [2.45, 2.75) is 58.8 Å². The van der Waals surface area contributed by atoms with E-state index in [1.165, 1.54) is 18.2 Å². The Morgan fingerprint density at radius 3 is 2.64 bits per heavy atom. The maximum atomic E-state index is 13.4. The second kappa shape index (κ2) is 9.28. The standard InChI is InChI=1S/C19H26FNO4/c1-6-16(21-18(23)25-19(3,4)5)10-8-14-7-9-15(20)11-17(14)24-13(2)12-22/h7,9,11,13,16,22H,6,12H2,1-5H3,(H,21,23)/t13-,16?/m1/s1. The lowest BCUT2D eigenvalue weighted by molar-refractivity contribution is 0.0515. The van der Waals surface area contributed by atoms with Crippen molar-refractivity contribution in [1.82, 2.24) is 5.32 Å². The molecule has 0 bridgehead atoms. The smallest absolute Gasteiger partial charge is 0.408 e. The number of rotatable bonds is 5. The minimum atomic E-state index is -0.589. The van der Waals surface area contributed by atoms with E-state index in [0.717, 1.165) is 0 Å². The van der Waals surface area contributed by atoms with Gasteiger partial charge in [0.15, 0.2) is 0 Å². The molecule has 0 radical (unpaired) electrons. The van der Waals surface area contributed by atoms with E-state index in [9.17, 15) is 9.18 Å². The summed E-state index contributed by atoms with van der Waals surface area (Å²) in [5.74, 6) is 5.62. The van der Waals surface area contributed by atoms with Crippen LogP contribution in [0.5, 0.6) is 5.75 Å². The van der Waals surface area contributed by atoms with Gasteiger partial charge >= 0.3 is 6.09 Å². The van der Waals surface area contributed by atoms with Crippen molar-refractivity contribution in [1.29, 1.82) is 0 Å². The van der Waals surface area contributed by atoms with Gasteiger partial charge in [-0.05, 0) is 46.2 Å². The minimum Gasteiger partial charge on any atom is -0.487 e. The summed E-state index contributed by atoms with van der Waals surface area (Å²) in [6, 6.07) is 3.59. The monoisotopic (exact) mass is 351 g/mol. The molecule has 0 saturated heterocycles. The highest BCUT2D eigenvalue weighted by Gasteiger charge is 2.18. The topological polar surface area (TPSA) is 67.8 Å². The first-order valence-electron chi connectivity index (χ1n) is 8.22. The fourth-order valence-electron chi connectivity index (χ4n) is 1.81. The van der Waals surface area contributed by atoms with Crippen molar-refractivity contribution in [3.05, 3.63) is 29.6 Å². The van der Waals surface area contributed by atoms with Crippen LogP contribution in [-0.2, 0) is 4.74 Å². The summed E-state index contributed by atoms with van der Waals surface area (Å²) < 4.78 is 24.1.